The third-order valence-corrected chi connectivity index (χ3v) is 8.27. The Morgan fingerprint density at radius 2 is 1.97 bits per heavy atom. The highest BCUT2D eigenvalue weighted by atomic mass is 35.5. The number of urea groups is 1. The SMILES string of the molecule is CC(=O)C1CC(NC(=O)N2Cc3nc(NC4CCOCC4)ncc3C2(C)C)CN(Cc2cccc(Cl)c2)C1. The molecule has 2 amide bonds. The van der Waals surface area contributed by atoms with Crippen LogP contribution in [0.1, 0.15) is 56.9 Å². The molecule has 3 aliphatic rings. The molecule has 3 aliphatic heterocycles. The molecule has 2 fully saturated rings. The Morgan fingerprint density at radius 1 is 1.18 bits per heavy atom. The number of benzene rings is 1. The number of ether oxygens (including phenoxy) is 1. The lowest BCUT2D eigenvalue weighted by molar-refractivity contribution is -0.122. The van der Waals surface area contributed by atoms with Crippen LogP contribution >= 0.6 is 11.6 Å². The lowest BCUT2D eigenvalue weighted by Crippen LogP contribution is -2.55. The number of rotatable bonds is 6. The van der Waals surface area contributed by atoms with E-state index in [2.05, 4.69) is 20.5 Å². The summed E-state index contributed by atoms with van der Waals surface area (Å²) in [5, 5.41) is 7.35. The molecular formula is C28H37ClN6O3. The summed E-state index contributed by atoms with van der Waals surface area (Å²) in [4.78, 5) is 39.4. The minimum Gasteiger partial charge on any atom is -0.381 e. The summed E-state index contributed by atoms with van der Waals surface area (Å²) in [6.07, 6.45) is 4.33. The van der Waals surface area contributed by atoms with Crippen LogP contribution in [0.25, 0.3) is 0 Å². The van der Waals surface area contributed by atoms with Gasteiger partial charge in [-0.25, -0.2) is 14.8 Å². The van der Waals surface area contributed by atoms with Crippen molar-refractivity contribution < 1.29 is 14.3 Å². The number of carbonyl (C=O) groups is 2. The Kier molecular flexibility index (Phi) is 7.88. The largest absolute Gasteiger partial charge is 0.381 e. The van der Waals surface area contributed by atoms with Crippen LogP contribution in [0.2, 0.25) is 5.02 Å². The fourth-order valence-electron chi connectivity index (χ4n) is 5.83. The van der Waals surface area contributed by atoms with Crippen LogP contribution in [0.3, 0.4) is 0 Å². The van der Waals surface area contributed by atoms with Gasteiger partial charge in [0.2, 0.25) is 5.95 Å². The van der Waals surface area contributed by atoms with E-state index in [9.17, 15) is 9.59 Å². The van der Waals surface area contributed by atoms with Crippen molar-refractivity contribution in [2.24, 2.45) is 5.92 Å². The summed E-state index contributed by atoms with van der Waals surface area (Å²) < 4.78 is 5.44. The van der Waals surface area contributed by atoms with Gasteiger partial charge in [0.25, 0.3) is 0 Å². The smallest absolute Gasteiger partial charge is 0.318 e. The van der Waals surface area contributed by atoms with Crippen LogP contribution in [0.5, 0.6) is 0 Å². The molecule has 1 aromatic heterocycles. The zero-order valence-corrected chi connectivity index (χ0v) is 23.1. The van der Waals surface area contributed by atoms with E-state index < -0.39 is 5.54 Å². The average Bonchev–Trinajstić information content (AvgIpc) is 3.14. The number of aromatic nitrogens is 2. The summed E-state index contributed by atoms with van der Waals surface area (Å²) in [6, 6.07) is 7.78. The van der Waals surface area contributed by atoms with Crippen molar-refractivity contribution in [3.05, 3.63) is 52.3 Å². The highest BCUT2D eigenvalue weighted by Crippen LogP contribution is 2.38. The highest BCUT2D eigenvalue weighted by Gasteiger charge is 2.43. The van der Waals surface area contributed by atoms with Crippen molar-refractivity contribution in [2.75, 3.05) is 31.6 Å². The first-order valence-corrected chi connectivity index (χ1v) is 13.8. The van der Waals surface area contributed by atoms with Gasteiger partial charge in [-0.2, -0.15) is 0 Å². The number of piperidine rings is 1. The van der Waals surface area contributed by atoms with Gasteiger partial charge < -0.3 is 20.3 Å². The van der Waals surface area contributed by atoms with Crippen LogP contribution in [-0.2, 0) is 28.2 Å². The Morgan fingerprint density at radius 3 is 2.71 bits per heavy atom. The quantitative estimate of drug-likeness (QED) is 0.572. The topological polar surface area (TPSA) is 99.7 Å². The summed E-state index contributed by atoms with van der Waals surface area (Å²) in [5.41, 5.74) is 2.36. The second kappa shape index (κ2) is 11.2. The van der Waals surface area contributed by atoms with Gasteiger partial charge in [0.15, 0.2) is 0 Å². The number of ketones is 1. The van der Waals surface area contributed by atoms with Gasteiger partial charge >= 0.3 is 6.03 Å². The molecule has 0 saturated carbocycles. The normalized spacial score (nSPS) is 23.6. The molecule has 0 bridgehead atoms. The van der Waals surface area contributed by atoms with Crippen LogP contribution in [0, 0.1) is 5.92 Å². The van der Waals surface area contributed by atoms with E-state index in [-0.39, 0.29) is 23.8 Å². The number of nitrogens with zero attached hydrogens (tertiary/aromatic N) is 4. The Hall–Kier alpha value is -2.75. The fraction of sp³-hybridized carbons (Fsp3) is 0.571. The zero-order valence-electron chi connectivity index (χ0n) is 22.4. The lowest BCUT2D eigenvalue weighted by atomic mass is 9.91. The number of fused-ring (bicyclic) bond motifs is 1. The molecule has 2 unspecified atom stereocenters. The maximum Gasteiger partial charge on any atom is 0.318 e. The number of carbonyl (C=O) groups excluding carboxylic acids is 2. The van der Waals surface area contributed by atoms with Gasteiger partial charge in [0.1, 0.15) is 5.78 Å². The number of anilines is 1. The number of nitrogens with one attached hydrogen (secondary N) is 2. The molecule has 0 spiro atoms. The Bertz CT molecular complexity index is 1180. The molecule has 2 saturated heterocycles. The number of Topliss-reactive ketones (excluding diaryl/α,β-unsaturated/α-hetero) is 1. The van der Waals surface area contributed by atoms with Crippen molar-refractivity contribution >= 4 is 29.4 Å². The Balaban J connectivity index is 1.26. The molecule has 4 heterocycles. The van der Waals surface area contributed by atoms with E-state index in [1.165, 1.54) is 0 Å². The van der Waals surface area contributed by atoms with E-state index in [0.29, 0.717) is 49.6 Å². The molecule has 10 heteroatoms. The summed E-state index contributed by atoms with van der Waals surface area (Å²) in [6.45, 7) is 9.60. The van der Waals surface area contributed by atoms with Crippen molar-refractivity contribution in [1.29, 1.82) is 0 Å². The van der Waals surface area contributed by atoms with E-state index in [1.54, 1.807) is 6.92 Å². The first-order valence-electron chi connectivity index (χ1n) is 13.4. The minimum absolute atomic E-state index is 0.123. The van der Waals surface area contributed by atoms with Crippen molar-refractivity contribution in [1.82, 2.24) is 25.1 Å². The van der Waals surface area contributed by atoms with Gasteiger partial charge in [0.05, 0.1) is 17.8 Å². The fourth-order valence-corrected chi connectivity index (χ4v) is 6.04. The molecule has 1 aromatic carbocycles. The third kappa shape index (κ3) is 5.95. The third-order valence-electron chi connectivity index (χ3n) is 8.03. The van der Waals surface area contributed by atoms with Gasteiger partial charge in [-0.05, 0) is 57.7 Å². The average molecular weight is 541 g/mol. The first kappa shape index (κ1) is 26.8. The van der Waals surface area contributed by atoms with E-state index in [4.69, 9.17) is 21.3 Å². The summed E-state index contributed by atoms with van der Waals surface area (Å²) >= 11 is 6.18. The summed E-state index contributed by atoms with van der Waals surface area (Å²) in [5.74, 6) is 0.623. The number of halogens is 1. The van der Waals surface area contributed by atoms with Gasteiger partial charge in [-0.15, -0.1) is 0 Å². The first-order chi connectivity index (χ1) is 18.2. The summed E-state index contributed by atoms with van der Waals surface area (Å²) in [7, 11) is 0. The predicted molar refractivity (Wildman–Crippen MR) is 146 cm³/mol. The van der Waals surface area contributed by atoms with Crippen LogP contribution < -0.4 is 10.6 Å². The van der Waals surface area contributed by atoms with Crippen LogP contribution in [-0.4, -0.2) is 70.0 Å². The number of amides is 2. The lowest BCUT2D eigenvalue weighted by Gasteiger charge is -2.39. The molecule has 38 heavy (non-hydrogen) atoms. The predicted octanol–water partition coefficient (Wildman–Crippen LogP) is 3.96. The highest BCUT2D eigenvalue weighted by molar-refractivity contribution is 6.30. The van der Waals surface area contributed by atoms with Gasteiger partial charge in [0, 0.05) is 67.6 Å². The van der Waals surface area contributed by atoms with E-state index in [0.717, 1.165) is 42.9 Å². The second-order valence-corrected chi connectivity index (χ2v) is 11.7. The number of hydrogen-bond donors (Lipinski definition) is 2. The van der Waals surface area contributed by atoms with Crippen LogP contribution in [0.15, 0.2) is 30.5 Å². The van der Waals surface area contributed by atoms with Crippen molar-refractivity contribution in [2.45, 2.75) is 70.7 Å². The zero-order chi connectivity index (χ0) is 26.9. The van der Waals surface area contributed by atoms with Crippen LogP contribution in [0.4, 0.5) is 10.7 Å². The number of likely N-dealkylation sites (tertiary alicyclic amines) is 1. The van der Waals surface area contributed by atoms with Gasteiger partial charge in [-0.1, -0.05) is 23.7 Å². The standard InChI is InChI=1S/C28H37ClN6O3/c1-18(36)20-12-23(16-34(15-20)14-19-5-4-6-21(29)11-19)32-27(37)35-17-25-24(28(35,2)3)13-30-26(33-25)31-22-7-9-38-10-8-22/h4-6,11,13,20,22-23H,7-10,12,14-17H2,1-3H3,(H,32,37)(H,30,31,33). The van der Waals surface area contributed by atoms with E-state index in [1.807, 2.05) is 49.2 Å². The molecule has 9 nitrogen and oxygen atoms in total. The molecule has 2 atom stereocenters. The van der Waals surface area contributed by atoms with E-state index >= 15 is 0 Å². The maximum absolute atomic E-state index is 13.6. The molecule has 204 valence electrons. The van der Waals surface area contributed by atoms with Crippen molar-refractivity contribution in [3.8, 4) is 0 Å². The molecule has 0 aliphatic carbocycles. The second-order valence-electron chi connectivity index (χ2n) is 11.2. The maximum atomic E-state index is 13.6. The molecule has 2 N–H and O–H groups in total. The molecule has 5 rings (SSSR count). The van der Waals surface area contributed by atoms with Crippen molar-refractivity contribution in [3.63, 3.8) is 0 Å². The molecule has 2 aromatic rings. The molecular weight excluding hydrogens is 504 g/mol. The van der Waals surface area contributed by atoms with Gasteiger partial charge in [-0.3, -0.25) is 9.69 Å². The molecule has 0 radical (unpaired) electrons. The number of hydrogen-bond acceptors (Lipinski definition) is 7. The Labute approximate surface area is 229 Å². The minimum atomic E-state index is -0.550. The monoisotopic (exact) mass is 540 g/mol.